The second-order valence-corrected chi connectivity index (χ2v) is 5.13. The number of nitrogens with zero attached hydrogens (tertiary/aromatic N) is 1. The molecule has 1 heterocycles. The number of hydrogen-bond donors (Lipinski definition) is 2. The molecule has 1 aromatic carbocycles. The molecule has 1 aromatic rings. The molecule has 0 aliphatic carbocycles. The van der Waals surface area contributed by atoms with Crippen LogP contribution in [0.3, 0.4) is 0 Å². The molecule has 96 valence electrons. The number of amides is 1. The van der Waals surface area contributed by atoms with E-state index in [0.717, 1.165) is 10.9 Å². The van der Waals surface area contributed by atoms with Crippen LogP contribution < -0.4 is 10.6 Å². The first kappa shape index (κ1) is 12.9. The third-order valence-corrected chi connectivity index (χ3v) is 3.57. The summed E-state index contributed by atoms with van der Waals surface area (Å²) in [5.41, 5.74) is 6.26. The maximum Gasteiger partial charge on any atom is 0.326 e. The van der Waals surface area contributed by atoms with Gasteiger partial charge in [-0.1, -0.05) is 15.9 Å². The second-order valence-electron chi connectivity index (χ2n) is 4.22. The molecule has 0 saturated carbocycles. The van der Waals surface area contributed by atoms with Crippen LogP contribution in [0, 0.1) is 0 Å². The number of carboxylic acids is 1. The molecule has 5 nitrogen and oxygen atoms in total. The van der Waals surface area contributed by atoms with Crippen molar-refractivity contribution in [1.29, 1.82) is 0 Å². The lowest BCUT2D eigenvalue weighted by Gasteiger charge is -2.25. The van der Waals surface area contributed by atoms with E-state index in [4.69, 9.17) is 5.73 Å². The van der Waals surface area contributed by atoms with Crippen LogP contribution in [0.25, 0.3) is 0 Å². The van der Waals surface area contributed by atoms with Crippen molar-refractivity contribution >= 4 is 33.5 Å². The monoisotopic (exact) mass is 312 g/mol. The van der Waals surface area contributed by atoms with Gasteiger partial charge in [0.25, 0.3) is 5.91 Å². The quantitative estimate of drug-likeness (QED) is 0.888. The van der Waals surface area contributed by atoms with E-state index in [-0.39, 0.29) is 0 Å². The number of carboxylic acid groups (broad SMARTS) is 1. The fourth-order valence-corrected chi connectivity index (χ4v) is 2.61. The predicted octanol–water partition coefficient (Wildman–Crippen LogP) is 1.60. The van der Waals surface area contributed by atoms with E-state index in [1.165, 1.54) is 0 Å². The number of aliphatic carboxylic acids is 1. The molecule has 0 aromatic heterocycles. The molecular formula is C12H13BrN2O3. The van der Waals surface area contributed by atoms with Gasteiger partial charge < -0.3 is 15.7 Å². The van der Waals surface area contributed by atoms with Crippen LogP contribution in [0.1, 0.15) is 23.2 Å². The topological polar surface area (TPSA) is 83.6 Å². The van der Waals surface area contributed by atoms with E-state index in [9.17, 15) is 14.7 Å². The lowest BCUT2D eigenvalue weighted by Crippen LogP contribution is -2.37. The molecule has 0 spiro atoms. The average molecular weight is 313 g/mol. The zero-order valence-corrected chi connectivity index (χ0v) is 11.2. The van der Waals surface area contributed by atoms with E-state index in [0.29, 0.717) is 24.2 Å². The smallest absolute Gasteiger partial charge is 0.326 e. The summed E-state index contributed by atoms with van der Waals surface area (Å²) >= 11 is 3.32. The van der Waals surface area contributed by atoms with Crippen molar-refractivity contribution in [2.75, 3.05) is 11.4 Å². The first-order valence-electron chi connectivity index (χ1n) is 5.59. The van der Waals surface area contributed by atoms with Crippen LogP contribution in [0.5, 0.6) is 0 Å². The van der Waals surface area contributed by atoms with Gasteiger partial charge in [0.1, 0.15) is 6.04 Å². The Kier molecular flexibility index (Phi) is 3.56. The molecule has 18 heavy (non-hydrogen) atoms. The van der Waals surface area contributed by atoms with Crippen molar-refractivity contribution in [3.63, 3.8) is 0 Å². The van der Waals surface area contributed by atoms with Gasteiger partial charge in [0.05, 0.1) is 11.3 Å². The fourth-order valence-electron chi connectivity index (χ4n) is 2.26. The van der Waals surface area contributed by atoms with Crippen molar-refractivity contribution in [3.8, 4) is 0 Å². The van der Waals surface area contributed by atoms with E-state index >= 15 is 0 Å². The number of carbonyl (C=O) groups is 2. The lowest BCUT2D eigenvalue weighted by molar-refractivity contribution is -0.138. The molecule has 6 heteroatoms. The number of hydrogen-bond acceptors (Lipinski definition) is 3. The van der Waals surface area contributed by atoms with Crippen molar-refractivity contribution in [2.24, 2.45) is 5.73 Å². The minimum atomic E-state index is -0.872. The maximum absolute atomic E-state index is 11.4. The van der Waals surface area contributed by atoms with Gasteiger partial charge >= 0.3 is 5.97 Å². The molecule has 3 N–H and O–H groups in total. The van der Waals surface area contributed by atoms with Crippen LogP contribution in [-0.2, 0) is 4.79 Å². The molecule has 1 unspecified atom stereocenters. The molecule has 0 radical (unpaired) electrons. The Hall–Kier alpha value is -1.56. The molecule has 0 bridgehead atoms. The Labute approximate surface area is 113 Å². The highest BCUT2D eigenvalue weighted by atomic mass is 79.9. The number of anilines is 1. The zero-order chi connectivity index (χ0) is 13.3. The van der Waals surface area contributed by atoms with Crippen LogP contribution in [0.2, 0.25) is 0 Å². The molecule has 1 fully saturated rings. The van der Waals surface area contributed by atoms with Gasteiger partial charge in [-0.05, 0) is 31.0 Å². The van der Waals surface area contributed by atoms with Gasteiger partial charge in [-0.15, -0.1) is 0 Å². The Balaban J connectivity index is 2.46. The van der Waals surface area contributed by atoms with Crippen molar-refractivity contribution in [2.45, 2.75) is 18.9 Å². The number of primary amides is 1. The van der Waals surface area contributed by atoms with Gasteiger partial charge in [0.2, 0.25) is 0 Å². The van der Waals surface area contributed by atoms with Gasteiger partial charge in [-0.3, -0.25) is 4.79 Å². The van der Waals surface area contributed by atoms with Gasteiger partial charge in [-0.25, -0.2) is 4.79 Å². The number of halogens is 1. The van der Waals surface area contributed by atoms with Gasteiger partial charge in [0, 0.05) is 11.0 Å². The molecule has 1 atom stereocenters. The zero-order valence-electron chi connectivity index (χ0n) is 9.60. The number of rotatable bonds is 3. The molecule has 1 aliphatic rings. The summed E-state index contributed by atoms with van der Waals surface area (Å²) in [6.45, 7) is 0.619. The van der Waals surface area contributed by atoms with Crippen LogP contribution in [-0.4, -0.2) is 29.6 Å². The van der Waals surface area contributed by atoms with E-state index in [1.54, 1.807) is 23.1 Å². The van der Waals surface area contributed by atoms with E-state index in [2.05, 4.69) is 15.9 Å². The number of carbonyl (C=O) groups excluding carboxylic acids is 1. The summed E-state index contributed by atoms with van der Waals surface area (Å²) in [7, 11) is 0. The largest absolute Gasteiger partial charge is 0.480 e. The maximum atomic E-state index is 11.4. The first-order valence-corrected chi connectivity index (χ1v) is 6.39. The van der Waals surface area contributed by atoms with E-state index < -0.39 is 17.9 Å². The van der Waals surface area contributed by atoms with Gasteiger partial charge in [0.15, 0.2) is 0 Å². The first-order chi connectivity index (χ1) is 8.50. The second kappa shape index (κ2) is 4.97. The van der Waals surface area contributed by atoms with Crippen molar-refractivity contribution in [1.82, 2.24) is 0 Å². The minimum Gasteiger partial charge on any atom is -0.480 e. The summed E-state index contributed by atoms with van der Waals surface area (Å²) in [6.07, 6.45) is 1.38. The normalized spacial score (nSPS) is 18.9. The third kappa shape index (κ3) is 2.33. The Morgan fingerprint density at radius 1 is 1.44 bits per heavy atom. The Morgan fingerprint density at radius 3 is 2.78 bits per heavy atom. The summed E-state index contributed by atoms with van der Waals surface area (Å²) < 4.78 is 0.790. The highest BCUT2D eigenvalue weighted by Gasteiger charge is 2.32. The molecular weight excluding hydrogens is 300 g/mol. The van der Waals surface area contributed by atoms with Crippen LogP contribution in [0.15, 0.2) is 22.7 Å². The van der Waals surface area contributed by atoms with Crippen LogP contribution >= 0.6 is 15.9 Å². The Bertz CT molecular complexity index is 504. The summed E-state index contributed by atoms with van der Waals surface area (Å²) in [6, 6.07) is 4.48. The highest BCUT2D eigenvalue weighted by Crippen LogP contribution is 2.31. The van der Waals surface area contributed by atoms with E-state index in [1.807, 2.05) is 0 Å². The molecule has 1 saturated heterocycles. The fraction of sp³-hybridized carbons (Fsp3) is 0.333. The number of benzene rings is 1. The van der Waals surface area contributed by atoms with Crippen molar-refractivity contribution in [3.05, 3.63) is 28.2 Å². The SMILES string of the molecule is NC(=O)c1ccc(Br)cc1N1CCCC1C(=O)O. The average Bonchev–Trinajstić information content (AvgIpc) is 2.77. The third-order valence-electron chi connectivity index (χ3n) is 3.07. The highest BCUT2D eigenvalue weighted by molar-refractivity contribution is 9.10. The Morgan fingerprint density at radius 2 is 2.17 bits per heavy atom. The summed E-state index contributed by atoms with van der Waals surface area (Å²) in [5, 5.41) is 9.17. The predicted molar refractivity (Wildman–Crippen MR) is 70.7 cm³/mol. The van der Waals surface area contributed by atoms with Crippen molar-refractivity contribution < 1.29 is 14.7 Å². The minimum absolute atomic E-state index is 0.353. The lowest BCUT2D eigenvalue weighted by atomic mass is 10.1. The standard InChI is InChI=1S/C12H13BrN2O3/c13-7-3-4-8(11(14)16)10(6-7)15-5-1-2-9(15)12(17)18/h3-4,6,9H,1-2,5H2,(H2,14,16)(H,17,18). The number of nitrogens with two attached hydrogens (primary N) is 1. The van der Waals surface area contributed by atoms with Crippen LogP contribution in [0.4, 0.5) is 5.69 Å². The van der Waals surface area contributed by atoms with Gasteiger partial charge in [-0.2, -0.15) is 0 Å². The summed E-state index contributed by atoms with van der Waals surface area (Å²) in [4.78, 5) is 24.3. The molecule has 1 aliphatic heterocycles. The molecule has 1 amide bonds. The molecule has 2 rings (SSSR count). The summed E-state index contributed by atoms with van der Waals surface area (Å²) in [5.74, 6) is -1.42.